The number of benzene rings is 2. The number of hydrogen-bond donors (Lipinski definition) is 2. The normalized spacial score (nSPS) is 10.2. The van der Waals surface area contributed by atoms with Crippen LogP contribution in [-0.2, 0) is 0 Å². The summed E-state index contributed by atoms with van der Waals surface area (Å²) in [5, 5.41) is 6.05. The Labute approximate surface area is 146 Å². The summed E-state index contributed by atoms with van der Waals surface area (Å²) in [6.45, 7) is 5.94. The summed E-state index contributed by atoms with van der Waals surface area (Å²) in [5.74, 6) is 0.906. The molecule has 128 valence electrons. The van der Waals surface area contributed by atoms with Crippen LogP contribution in [0.5, 0.6) is 11.5 Å². The van der Waals surface area contributed by atoms with Gasteiger partial charge in [0.1, 0.15) is 11.5 Å². The fraction of sp³-hybridized carbons (Fsp3) is 0.278. The second-order valence-electron chi connectivity index (χ2n) is 5.54. The first kappa shape index (κ1) is 17.9. The lowest BCUT2D eigenvalue weighted by atomic mass is 10.1. The van der Waals surface area contributed by atoms with Gasteiger partial charge in [0.15, 0.2) is 0 Å². The van der Waals surface area contributed by atoms with Crippen molar-refractivity contribution < 1.29 is 14.3 Å². The van der Waals surface area contributed by atoms with Gasteiger partial charge in [-0.15, -0.1) is 0 Å². The second kappa shape index (κ2) is 7.45. The largest absolute Gasteiger partial charge is 0.495 e. The molecule has 24 heavy (non-hydrogen) atoms. The van der Waals surface area contributed by atoms with Gasteiger partial charge in [0, 0.05) is 17.8 Å². The van der Waals surface area contributed by atoms with Crippen LogP contribution in [0.25, 0.3) is 0 Å². The number of anilines is 2. The van der Waals surface area contributed by atoms with Crippen LogP contribution in [0.15, 0.2) is 24.3 Å². The highest BCUT2D eigenvalue weighted by Crippen LogP contribution is 2.36. The van der Waals surface area contributed by atoms with Crippen LogP contribution in [0.2, 0.25) is 5.02 Å². The summed E-state index contributed by atoms with van der Waals surface area (Å²) in [7, 11) is 3.02. The molecule has 0 bridgehead atoms. The summed E-state index contributed by atoms with van der Waals surface area (Å²) in [6, 6.07) is 6.89. The van der Waals surface area contributed by atoms with E-state index in [0.29, 0.717) is 22.2 Å². The van der Waals surface area contributed by atoms with Crippen LogP contribution in [-0.4, -0.2) is 20.3 Å². The second-order valence-corrected chi connectivity index (χ2v) is 5.95. The SMILES string of the molecule is COc1cc(NC(=O)Nc2c(C)cc(C)cc2C)c(OC)cc1Cl. The van der Waals surface area contributed by atoms with Gasteiger partial charge in [-0.05, 0) is 31.9 Å². The number of rotatable bonds is 4. The van der Waals surface area contributed by atoms with Crippen molar-refractivity contribution in [3.8, 4) is 11.5 Å². The number of carbonyl (C=O) groups is 1. The van der Waals surface area contributed by atoms with Crippen LogP contribution >= 0.6 is 11.6 Å². The lowest BCUT2D eigenvalue weighted by Gasteiger charge is -2.16. The maximum atomic E-state index is 12.4. The van der Waals surface area contributed by atoms with E-state index in [1.54, 1.807) is 12.1 Å². The van der Waals surface area contributed by atoms with Crippen LogP contribution in [0.4, 0.5) is 16.2 Å². The van der Waals surface area contributed by atoms with E-state index < -0.39 is 0 Å². The molecule has 2 amide bonds. The van der Waals surface area contributed by atoms with Gasteiger partial charge in [-0.1, -0.05) is 29.3 Å². The predicted octanol–water partition coefficient (Wildman–Crippen LogP) is 4.93. The van der Waals surface area contributed by atoms with E-state index in [0.717, 1.165) is 22.4 Å². The Bertz CT molecular complexity index is 752. The summed E-state index contributed by atoms with van der Waals surface area (Å²) in [6.07, 6.45) is 0. The number of ether oxygens (including phenoxy) is 2. The molecular weight excluding hydrogens is 328 g/mol. The predicted molar refractivity (Wildman–Crippen MR) is 97.9 cm³/mol. The van der Waals surface area contributed by atoms with Gasteiger partial charge in [0.25, 0.3) is 0 Å². The lowest BCUT2D eigenvalue weighted by molar-refractivity contribution is 0.262. The van der Waals surface area contributed by atoms with Crippen LogP contribution in [0.3, 0.4) is 0 Å². The van der Waals surface area contributed by atoms with E-state index >= 15 is 0 Å². The Hall–Kier alpha value is -2.40. The smallest absolute Gasteiger partial charge is 0.323 e. The van der Waals surface area contributed by atoms with E-state index in [-0.39, 0.29) is 6.03 Å². The third kappa shape index (κ3) is 3.92. The Morgan fingerprint density at radius 2 is 1.50 bits per heavy atom. The number of urea groups is 1. The molecule has 2 N–H and O–H groups in total. The molecule has 5 nitrogen and oxygen atoms in total. The Morgan fingerprint density at radius 1 is 0.917 bits per heavy atom. The van der Waals surface area contributed by atoms with Crippen LogP contribution in [0.1, 0.15) is 16.7 Å². The number of aryl methyl sites for hydroxylation is 3. The van der Waals surface area contributed by atoms with E-state index in [1.807, 2.05) is 32.9 Å². The van der Waals surface area contributed by atoms with E-state index in [2.05, 4.69) is 10.6 Å². The molecule has 0 saturated heterocycles. The highest BCUT2D eigenvalue weighted by molar-refractivity contribution is 6.32. The number of halogens is 1. The minimum Gasteiger partial charge on any atom is -0.495 e. The number of carbonyl (C=O) groups excluding carboxylic acids is 1. The molecular formula is C18H21ClN2O3. The molecule has 0 spiro atoms. The van der Waals surface area contributed by atoms with Gasteiger partial charge < -0.3 is 20.1 Å². The zero-order valence-corrected chi connectivity index (χ0v) is 15.2. The standard InChI is InChI=1S/C18H21ClN2O3/c1-10-6-11(2)17(12(3)7-10)21-18(22)20-14-9-15(23-4)13(19)8-16(14)24-5/h6-9H,1-5H3,(H2,20,21,22). The quantitative estimate of drug-likeness (QED) is 0.823. The molecule has 0 aliphatic heterocycles. The summed E-state index contributed by atoms with van der Waals surface area (Å²) in [5.41, 5.74) is 4.42. The van der Waals surface area contributed by atoms with Gasteiger partial charge in [-0.3, -0.25) is 0 Å². The Morgan fingerprint density at radius 3 is 2.04 bits per heavy atom. The summed E-state index contributed by atoms with van der Waals surface area (Å²) >= 11 is 6.07. The molecule has 0 fully saturated rings. The van der Waals surface area contributed by atoms with Crippen molar-refractivity contribution in [1.82, 2.24) is 0 Å². The molecule has 0 atom stereocenters. The number of amides is 2. The molecule has 2 aromatic carbocycles. The highest BCUT2D eigenvalue weighted by Gasteiger charge is 2.14. The molecule has 0 saturated carbocycles. The van der Waals surface area contributed by atoms with Crippen molar-refractivity contribution in [1.29, 1.82) is 0 Å². The zero-order chi connectivity index (χ0) is 17.9. The third-order valence-corrected chi connectivity index (χ3v) is 3.93. The minimum absolute atomic E-state index is 0.368. The van der Waals surface area contributed by atoms with Gasteiger partial charge >= 0.3 is 6.03 Å². The van der Waals surface area contributed by atoms with E-state index in [1.165, 1.54) is 14.2 Å². The minimum atomic E-state index is -0.368. The number of nitrogens with one attached hydrogen (secondary N) is 2. The molecule has 0 aliphatic carbocycles. The lowest BCUT2D eigenvalue weighted by Crippen LogP contribution is -2.21. The monoisotopic (exact) mass is 348 g/mol. The average Bonchev–Trinajstić information content (AvgIpc) is 2.52. The van der Waals surface area contributed by atoms with Gasteiger partial charge in [0.05, 0.1) is 24.9 Å². The van der Waals surface area contributed by atoms with Crippen LogP contribution < -0.4 is 20.1 Å². The first-order valence-corrected chi connectivity index (χ1v) is 7.81. The molecule has 2 rings (SSSR count). The summed E-state index contributed by atoms with van der Waals surface area (Å²) < 4.78 is 10.4. The molecule has 0 unspecified atom stereocenters. The van der Waals surface area contributed by atoms with Gasteiger partial charge in [-0.25, -0.2) is 4.79 Å². The Balaban J connectivity index is 2.24. The fourth-order valence-corrected chi connectivity index (χ4v) is 2.83. The molecule has 0 heterocycles. The maximum absolute atomic E-state index is 12.4. The zero-order valence-electron chi connectivity index (χ0n) is 14.4. The average molecular weight is 349 g/mol. The van der Waals surface area contributed by atoms with E-state index in [4.69, 9.17) is 21.1 Å². The van der Waals surface area contributed by atoms with Crippen molar-refractivity contribution in [3.05, 3.63) is 46.0 Å². The maximum Gasteiger partial charge on any atom is 0.323 e. The van der Waals surface area contributed by atoms with Crippen molar-refractivity contribution in [2.45, 2.75) is 20.8 Å². The summed E-state index contributed by atoms with van der Waals surface area (Å²) in [4.78, 5) is 12.4. The van der Waals surface area contributed by atoms with Crippen molar-refractivity contribution >= 4 is 29.0 Å². The molecule has 0 aromatic heterocycles. The molecule has 0 radical (unpaired) electrons. The van der Waals surface area contributed by atoms with Crippen LogP contribution in [0, 0.1) is 20.8 Å². The molecule has 6 heteroatoms. The topological polar surface area (TPSA) is 59.6 Å². The van der Waals surface area contributed by atoms with Gasteiger partial charge in [0.2, 0.25) is 0 Å². The van der Waals surface area contributed by atoms with Crippen molar-refractivity contribution in [2.75, 3.05) is 24.9 Å². The number of hydrogen-bond acceptors (Lipinski definition) is 3. The van der Waals surface area contributed by atoms with Crippen molar-refractivity contribution in [3.63, 3.8) is 0 Å². The van der Waals surface area contributed by atoms with Gasteiger partial charge in [-0.2, -0.15) is 0 Å². The Kier molecular flexibility index (Phi) is 5.57. The highest BCUT2D eigenvalue weighted by atomic mass is 35.5. The fourth-order valence-electron chi connectivity index (χ4n) is 2.60. The van der Waals surface area contributed by atoms with Crippen molar-refractivity contribution in [2.24, 2.45) is 0 Å². The first-order chi connectivity index (χ1) is 11.3. The number of methoxy groups -OCH3 is 2. The third-order valence-electron chi connectivity index (χ3n) is 3.64. The van der Waals surface area contributed by atoms with E-state index in [9.17, 15) is 4.79 Å². The molecule has 2 aromatic rings. The molecule has 0 aliphatic rings. The first-order valence-electron chi connectivity index (χ1n) is 7.43.